The molecule has 0 aromatic carbocycles. The van der Waals surface area contributed by atoms with Crippen LogP contribution < -0.4 is 17.0 Å². The summed E-state index contributed by atoms with van der Waals surface area (Å²) in [5.41, 5.74) is 0. The van der Waals surface area contributed by atoms with E-state index in [1.165, 1.54) is 70.8 Å². The molecule has 27 heavy (non-hydrogen) atoms. The third kappa shape index (κ3) is 21.8. The molecule has 0 N–H and O–H groups in total. The van der Waals surface area contributed by atoms with Crippen molar-refractivity contribution in [1.29, 1.82) is 0 Å². The first kappa shape index (κ1) is 28.9. The smallest absolute Gasteiger partial charge is 0.305 e. The summed E-state index contributed by atoms with van der Waals surface area (Å²) in [6.45, 7) is 8.65. The number of hydrogen-bond donors (Lipinski definition) is 0. The first-order valence-electron chi connectivity index (χ1n) is 11.1. The Kier molecular flexibility index (Phi) is 21.8. The molecule has 0 rings (SSSR count). The standard InChI is InChI=1S/C23H46NO2.BrH/c1-5-7-9-11-13-14-15-17-19-23(25)26-22-21-24(3,4)20-18-16-12-10-8-6-2;/h5H,1,6-22H2,2-4H3;1H/q+1;/p-1. The Balaban J connectivity index is 0. The molecule has 0 aliphatic rings. The van der Waals surface area contributed by atoms with Crippen LogP contribution >= 0.6 is 0 Å². The van der Waals surface area contributed by atoms with Crippen LogP contribution in [-0.4, -0.2) is 44.2 Å². The van der Waals surface area contributed by atoms with Crippen molar-refractivity contribution in [3.8, 4) is 0 Å². The predicted molar refractivity (Wildman–Crippen MR) is 113 cm³/mol. The molecule has 0 aromatic heterocycles. The maximum atomic E-state index is 11.8. The van der Waals surface area contributed by atoms with Crippen molar-refractivity contribution in [3.63, 3.8) is 0 Å². The fraction of sp³-hybridized carbons (Fsp3) is 0.870. The molecule has 0 unspecified atom stereocenters. The second kappa shape index (κ2) is 20.4. The number of esters is 1. The van der Waals surface area contributed by atoms with Crippen LogP contribution in [0.15, 0.2) is 12.7 Å². The molecule has 0 atom stereocenters. The van der Waals surface area contributed by atoms with Crippen molar-refractivity contribution >= 4 is 5.97 Å². The lowest BCUT2D eigenvalue weighted by Gasteiger charge is -2.29. The summed E-state index contributed by atoms with van der Waals surface area (Å²) < 4.78 is 6.38. The number of hydrogen-bond acceptors (Lipinski definition) is 2. The van der Waals surface area contributed by atoms with Gasteiger partial charge in [-0.25, -0.2) is 0 Å². The van der Waals surface area contributed by atoms with Crippen LogP contribution in [0.4, 0.5) is 0 Å². The summed E-state index contributed by atoms with van der Waals surface area (Å²) in [7, 11) is 4.48. The van der Waals surface area contributed by atoms with Crippen LogP contribution in [0.2, 0.25) is 0 Å². The van der Waals surface area contributed by atoms with Gasteiger partial charge in [0.25, 0.3) is 0 Å². The first-order chi connectivity index (χ1) is 12.5. The van der Waals surface area contributed by atoms with Gasteiger partial charge in [0.15, 0.2) is 0 Å². The average molecular weight is 449 g/mol. The normalized spacial score (nSPS) is 11.1. The van der Waals surface area contributed by atoms with E-state index >= 15 is 0 Å². The summed E-state index contributed by atoms with van der Waals surface area (Å²) in [5, 5.41) is 0. The van der Waals surface area contributed by atoms with Crippen LogP contribution in [-0.2, 0) is 9.53 Å². The highest BCUT2D eigenvalue weighted by molar-refractivity contribution is 5.69. The van der Waals surface area contributed by atoms with E-state index in [2.05, 4.69) is 27.6 Å². The van der Waals surface area contributed by atoms with Crippen LogP contribution in [0, 0.1) is 0 Å². The molecule has 4 heteroatoms. The maximum absolute atomic E-state index is 11.8. The van der Waals surface area contributed by atoms with E-state index in [-0.39, 0.29) is 23.0 Å². The fourth-order valence-corrected chi connectivity index (χ4v) is 3.18. The number of halogens is 1. The van der Waals surface area contributed by atoms with Gasteiger partial charge in [-0.05, 0) is 32.1 Å². The number of carbonyl (C=O) groups is 1. The zero-order chi connectivity index (χ0) is 19.5. The largest absolute Gasteiger partial charge is 1.00 e. The third-order valence-corrected chi connectivity index (χ3v) is 5.12. The van der Waals surface area contributed by atoms with Gasteiger partial charge < -0.3 is 26.2 Å². The minimum absolute atomic E-state index is 0. The summed E-state index contributed by atoms with van der Waals surface area (Å²) in [6, 6.07) is 0. The van der Waals surface area contributed by atoms with Gasteiger partial charge in [-0.1, -0.05) is 64.4 Å². The lowest BCUT2D eigenvalue weighted by molar-refractivity contribution is -0.890. The van der Waals surface area contributed by atoms with Gasteiger partial charge in [-0.2, -0.15) is 0 Å². The third-order valence-electron chi connectivity index (χ3n) is 5.12. The second-order valence-corrected chi connectivity index (χ2v) is 8.32. The summed E-state index contributed by atoms with van der Waals surface area (Å²) in [6.07, 6.45) is 18.8. The summed E-state index contributed by atoms with van der Waals surface area (Å²) in [5.74, 6) is -0.0174. The van der Waals surface area contributed by atoms with Crippen molar-refractivity contribution in [2.45, 2.75) is 96.8 Å². The van der Waals surface area contributed by atoms with Gasteiger partial charge in [0.05, 0.1) is 20.6 Å². The first-order valence-corrected chi connectivity index (χ1v) is 11.1. The van der Waals surface area contributed by atoms with Crippen molar-refractivity contribution in [2.24, 2.45) is 0 Å². The zero-order valence-electron chi connectivity index (χ0n) is 18.4. The molecule has 0 heterocycles. The SMILES string of the molecule is C=CCCCCCCCCC(=O)OCC[N+](C)(C)CCCCCCCC.[Br-]. The van der Waals surface area contributed by atoms with Gasteiger partial charge in [0.1, 0.15) is 13.2 Å². The molecule has 0 spiro atoms. The van der Waals surface area contributed by atoms with E-state index < -0.39 is 0 Å². The van der Waals surface area contributed by atoms with Gasteiger partial charge >= 0.3 is 5.97 Å². The lowest BCUT2D eigenvalue weighted by atomic mass is 10.1. The zero-order valence-corrected chi connectivity index (χ0v) is 20.0. The topological polar surface area (TPSA) is 26.3 Å². The molecular weight excluding hydrogens is 402 g/mol. The van der Waals surface area contributed by atoms with Gasteiger partial charge in [0, 0.05) is 6.42 Å². The molecule has 0 aromatic rings. The summed E-state index contributed by atoms with van der Waals surface area (Å²) >= 11 is 0. The predicted octanol–water partition coefficient (Wildman–Crippen LogP) is 3.28. The van der Waals surface area contributed by atoms with Crippen LogP contribution in [0.1, 0.15) is 96.8 Å². The summed E-state index contributed by atoms with van der Waals surface area (Å²) in [4.78, 5) is 11.8. The number of unbranched alkanes of at least 4 members (excludes halogenated alkanes) is 11. The van der Waals surface area contributed by atoms with Crippen molar-refractivity contribution in [1.82, 2.24) is 0 Å². The number of carbonyl (C=O) groups excluding carboxylic acids is 1. The minimum atomic E-state index is -0.0174. The molecular formula is C23H46BrNO2. The monoisotopic (exact) mass is 447 g/mol. The van der Waals surface area contributed by atoms with E-state index in [9.17, 15) is 4.79 Å². The fourth-order valence-electron chi connectivity index (χ4n) is 3.18. The number of ether oxygens (including phenoxy) is 1. The van der Waals surface area contributed by atoms with Crippen LogP contribution in [0.5, 0.6) is 0 Å². The number of allylic oxidation sites excluding steroid dienone is 1. The van der Waals surface area contributed by atoms with E-state index in [1.807, 2.05) is 6.08 Å². The van der Waals surface area contributed by atoms with Crippen molar-refractivity contribution in [2.75, 3.05) is 33.8 Å². The van der Waals surface area contributed by atoms with E-state index in [0.717, 1.165) is 30.3 Å². The molecule has 0 saturated heterocycles. The Morgan fingerprint density at radius 3 is 2.04 bits per heavy atom. The molecule has 0 aliphatic carbocycles. The molecule has 3 nitrogen and oxygen atoms in total. The minimum Gasteiger partial charge on any atom is -1.00 e. The number of quaternary nitrogens is 1. The highest BCUT2D eigenvalue weighted by atomic mass is 79.9. The van der Waals surface area contributed by atoms with E-state index in [0.29, 0.717) is 13.0 Å². The Labute approximate surface area is 180 Å². The van der Waals surface area contributed by atoms with Gasteiger partial charge in [-0.15, -0.1) is 6.58 Å². The second-order valence-electron chi connectivity index (χ2n) is 8.32. The lowest BCUT2D eigenvalue weighted by Crippen LogP contribution is -3.00. The molecule has 0 aliphatic heterocycles. The Hall–Kier alpha value is -0.350. The highest BCUT2D eigenvalue weighted by Gasteiger charge is 2.15. The number of nitrogens with zero attached hydrogens (tertiary/aromatic N) is 1. The molecule has 162 valence electrons. The maximum Gasteiger partial charge on any atom is 0.305 e. The van der Waals surface area contributed by atoms with Crippen molar-refractivity contribution < 1.29 is 31.0 Å². The highest BCUT2D eigenvalue weighted by Crippen LogP contribution is 2.10. The van der Waals surface area contributed by atoms with Crippen LogP contribution in [0.3, 0.4) is 0 Å². The van der Waals surface area contributed by atoms with Crippen LogP contribution in [0.25, 0.3) is 0 Å². The van der Waals surface area contributed by atoms with Gasteiger partial charge in [-0.3, -0.25) is 4.79 Å². The Bertz CT molecular complexity index is 345. The van der Waals surface area contributed by atoms with E-state index in [4.69, 9.17) is 4.74 Å². The van der Waals surface area contributed by atoms with E-state index in [1.54, 1.807) is 0 Å². The molecule has 0 amide bonds. The molecule has 0 fully saturated rings. The average Bonchev–Trinajstić information content (AvgIpc) is 2.60. The van der Waals surface area contributed by atoms with Crippen molar-refractivity contribution in [3.05, 3.63) is 12.7 Å². The molecule has 0 radical (unpaired) electrons. The quantitative estimate of drug-likeness (QED) is 0.131. The number of likely N-dealkylation sites (N-methyl/N-ethyl adjacent to an activating group) is 1. The molecule has 0 bridgehead atoms. The Morgan fingerprint density at radius 2 is 1.41 bits per heavy atom. The van der Waals surface area contributed by atoms with Gasteiger partial charge in [0.2, 0.25) is 0 Å². The molecule has 0 saturated carbocycles. The Morgan fingerprint density at radius 1 is 0.852 bits per heavy atom. The number of rotatable bonds is 19.